The van der Waals surface area contributed by atoms with Crippen LogP contribution in [0.1, 0.15) is 0 Å². The Labute approximate surface area is 139 Å². The van der Waals surface area contributed by atoms with Crippen LogP contribution in [-0.2, 0) is 9.84 Å². The average molecular weight is 377 g/mol. The molecule has 23 heavy (non-hydrogen) atoms. The second-order valence-corrected chi connectivity index (χ2v) is 7.00. The molecule has 0 fully saturated rings. The van der Waals surface area contributed by atoms with Crippen molar-refractivity contribution in [3.8, 4) is 0 Å². The third-order valence-electron chi connectivity index (χ3n) is 2.81. The second kappa shape index (κ2) is 6.11. The molecule has 2 aromatic carbocycles. The third-order valence-corrected chi connectivity index (χ3v) is 5.13. The van der Waals surface area contributed by atoms with E-state index in [4.69, 9.17) is 23.2 Å². The van der Waals surface area contributed by atoms with E-state index in [1.807, 2.05) is 0 Å². The first kappa shape index (κ1) is 17.1. The highest BCUT2D eigenvalue weighted by Gasteiger charge is 2.33. The zero-order valence-corrected chi connectivity index (χ0v) is 13.3. The van der Waals surface area contributed by atoms with Crippen LogP contribution >= 0.6 is 23.2 Å². The van der Waals surface area contributed by atoms with Crippen molar-refractivity contribution in [2.45, 2.75) is 9.79 Å². The summed E-state index contributed by atoms with van der Waals surface area (Å²) in [6, 6.07) is 5.85. The van der Waals surface area contributed by atoms with Crippen molar-refractivity contribution in [1.82, 2.24) is 0 Å². The lowest BCUT2D eigenvalue weighted by atomic mass is 10.3. The Morgan fingerprint density at radius 1 is 0.783 bits per heavy atom. The summed E-state index contributed by atoms with van der Waals surface area (Å²) in [5, 5.41) is 22.0. The van der Waals surface area contributed by atoms with Crippen molar-refractivity contribution >= 4 is 44.4 Å². The topological polar surface area (TPSA) is 120 Å². The number of sulfone groups is 1. The number of nitro groups is 2. The van der Waals surface area contributed by atoms with Crippen LogP contribution in [0, 0.1) is 20.2 Å². The molecule has 0 aliphatic rings. The molecule has 0 aliphatic heterocycles. The predicted octanol–water partition coefficient (Wildman–Crippen LogP) is 3.64. The molecule has 0 aliphatic carbocycles. The molecule has 2 rings (SSSR count). The van der Waals surface area contributed by atoms with Crippen LogP contribution in [0.3, 0.4) is 0 Å². The van der Waals surface area contributed by atoms with Crippen molar-refractivity contribution in [2.24, 2.45) is 0 Å². The van der Waals surface area contributed by atoms with Gasteiger partial charge in [-0.3, -0.25) is 20.2 Å². The van der Waals surface area contributed by atoms with Gasteiger partial charge in [0.25, 0.3) is 11.4 Å². The molecule has 120 valence electrons. The summed E-state index contributed by atoms with van der Waals surface area (Å²) in [6.45, 7) is 0. The minimum absolute atomic E-state index is 0.0405. The quantitative estimate of drug-likeness (QED) is 0.592. The number of halogens is 2. The van der Waals surface area contributed by atoms with E-state index in [-0.39, 0.29) is 10.0 Å². The van der Waals surface area contributed by atoms with Gasteiger partial charge in [0.2, 0.25) is 9.84 Å². The molecule has 0 saturated heterocycles. The highest BCUT2D eigenvalue weighted by Crippen LogP contribution is 2.36. The van der Waals surface area contributed by atoms with E-state index in [1.54, 1.807) is 0 Å². The Morgan fingerprint density at radius 2 is 1.13 bits per heavy atom. The first-order valence-electron chi connectivity index (χ1n) is 5.77. The Hall–Kier alpha value is -2.23. The van der Waals surface area contributed by atoms with Crippen LogP contribution in [0.4, 0.5) is 11.4 Å². The first-order valence-corrected chi connectivity index (χ1v) is 8.01. The average Bonchev–Trinajstić information content (AvgIpc) is 2.46. The Balaban J connectivity index is 2.79. The van der Waals surface area contributed by atoms with Crippen molar-refractivity contribution in [3.63, 3.8) is 0 Å². The number of hydrogen-bond donors (Lipinski definition) is 0. The maximum atomic E-state index is 12.6. The number of benzene rings is 2. The normalized spacial score (nSPS) is 11.2. The van der Waals surface area contributed by atoms with Crippen molar-refractivity contribution < 1.29 is 18.3 Å². The minimum atomic E-state index is -4.52. The molecule has 0 radical (unpaired) electrons. The Morgan fingerprint density at radius 3 is 1.43 bits per heavy atom. The van der Waals surface area contributed by atoms with E-state index < -0.39 is 40.8 Å². The molecule has 0 unspecified atom stereocenters. The lowest BCUT2D eigenvalue weighted by Gasteiger charge is -2.07. The molecular weight excluding hydrogens is 371 g/mol. The standard InChI is InChI=1S/C12H6Cl2N2O6S/c13-7-1-3-11(9(5-7)15(17)18)23(21,22)12-4-2-8(14)6-10(12)16(19)20/h1-6H. The Kier molecular flexibility index (Phi) is 4.55. The highest BCUT2D eigenvalue weighted by atomic mass is 35.5. The van der Waals surface area contributed by atoms with Gasteiger partial charge in [-0.1, -0.05) is 23.2 Å². The fourth-order valence-electron chi connectivity index (χ4n) is 1.84. The van der Waals surface area contributed by atoms with Crippen LogP contribution in [0.15, 0.2) is 46.2 Å². The molecule has 8 nitrogen and oxygen atoms in total. The lowest BCUT2D eigenvalue weighted by Crippen LogP contribution is -2.08. The number of hydrogen-bond acceptors (Lipinski definition) is 6. The third kappa shape index (κ3) is 3.26. The van der Waals surface area contributed by atoms with Crippen LogP contribution in [-0.4, -0.2) is 18.3 Å². The summed E-state index contributed by atoms with van der Waals surface area (Å²) >= 11 is 11.3. The summed E-state index contributed by atoms with van der Waals surface area (Å²) in [5.41, 5.74) is -1.55. The SMILES string of the molecule is O=[N+]([O-])c1cc(Cl)ccc1S(=O)(=O)c1ccc(Cl)cc1[N+](=O)[O-]. The van der Waals surface area contributed by atoms with Gasteiger partial charge in [-0.05, 0) is 24.3 Å². The summed E-state index contributed by atoms with van der Waals surface area (Å²) in [5.74, 6) is 0. The van der Waals surface area contributed by atoms with Gasteiger partial charge in [0, 0.05) is 22.2 Å². The van der Waals surface area contributed by atoms with Crippen LogP contribution in [0.2, 0.25) is 10.0 Å². The van der Waals surface area contributed by atoms with Gasteiger partial charge >= 0.3 is 0 Å². The Bertz CT molecular complexity index is 860. The second-order valence-electron chi connectivity index (χ2n) is 4.24. The van der Waals surface area contributed by atoms with Crippen LogP contribution in [0.5, 0.6) is 0 Å². The van der Waals surface area contributed by atoms with Gasteiger partial charge in [-0.25, -0.2) is 8.42 Å². The molecule has 0 saturated carbocycles. The van der Waals surface area contributed by atoms with Gasteiger partial charge in [-0.15, -0.1) is 0 Å². The van der Waals surface area contributed by atoms with Crippen LogP contribution in [0.25, 0.3) is 0 Å². The lowest BCUT2D eigenvalue weighted by molar-refractivity contribution is -0.388. The molecule has 0 amide bonds. The number of rotatable bonds is 4. The maximum absolute atomic E-state index is 12.6. The fourth-order valence-corrected chi connectivity index (χ4v) is 3.72. The largest absolute Gasteiger partial charge is 0.289 e. The minimum Gasteiger partial charge on any atom is -0.258 e. The van der Waals surface area contributed by atoms with Gasteiger partial charge in [0.15, 0.2) is 0 Å². The summed E-state index contributed by atoms with van der Waals surface area (Å²) < 4.78 is 25.2. The van der Waals surface area contributed by atoms with Gasteiger partial charge < -0.3 is 0 Å². The van der Waals surface area contributed by atoms with E-state index in [0.717, 1.165) is 36.4 Å². The number of nitro benzene ring substituents is 2. The van der Waals surface area contributed by atoms with Crippen molar-refractivity contribution in [1.29, 1.82) is 0 Å². The van der Waals surface area contributed by atoms with Crippen LogP contribution < -0.4 is 0 Å². The van der Waals surface area contributed by atoms with E-state index in [0.29, 0.717) is 0 Å². The molecular formula is C12H6Cl2N2O6S. The molecule has 11 heteroatoms. The molecule has 0 heterocycles. The monoisotopic (exact) mass is 376 g/mol. The summed E-state index contributed by atoms with van der Waals surface area (Å²) in [6.07, 6.45) is 0. The first-order chi connectivity index (χ1) is 10.6. The van der Waals surface area contributed by atoms with Crippen molar-refractivity contribution in [3.05, 3.63) is 66.7 Å². The smallest absolute Gasteiger partial charge is 0.258 e. The van der Waals surface area contributed by atoms with E-state index in [2.05, 4.69) is 0 Å². The highest BCUT2D eigenvalue weighted by molar-refractivity contribution is 7.91. The van der Waals surface area contributed by atoms with E-state index >= 15 is 0 Å². The molecule has 0 bridgehead atoms. The molecule has 0 aromatic heterocycles. The zero-order chi connectivity index (χ0) is 17.4. The van der Waals surface area contributed by atoms with E-state index in [1.165, 1.54) is 0 Å². The fraction of sp³-hybridized carbons (Fsp3) is 0. The molecule has 0 spiro atoms. The molecule has 2 aromatic rings. The van der Waals surface area contributed by atoms with Gasteiger partial charge in [0.1, 0.15) is 9.79 Å². The van der Waals surface area contributed by atoms with Gasteiger partial charge in [-0.2, -0.15) is 0 Å². The van der Waals surface area contributed by atoms with Crippen molar-refractivity contribution in [2.75, 3.05) is 0 Å². The zero-order valence-electron chi connectivity index (χ0n) is 11.0. The van der Waals surface area contributed by atoms with E-state index in [9.17, 15) is 28.6 Å². The summed E-state index contributed by atoms with van der Waals surface area (Å²) in [4.78, 5) is 18.9. The van der Waals surface area contributed by atoms with Gasteiger partial charge in [0.05, 0.1) is 9.85 Å². The number of nitrogens with zero attached hydrogens (tertiary/aromatic N) is 2. The molecule has 0 N–H and O–H groups in total. The maximum Gasteiger partial charge on any atom is 0.289 e. The molecule has 0 atom stereocenters. The summed E-state index contributed by atoms with van der Waals surface area (Å²) in [7, 11) is -4.52. The predicted molar refractivity (Wildman–Crippen MR) is 81.7 cm³/mol.